The zero-order valence-corrected chi connectivity index (χ0v) is 18.4. The van der Waals surface area contributed by atoms with Gasteiger partial charge in [-0.2, -0.15) is 5.26 Å². The van der Waals surface area contributed by atoms with E-state index in [2.05, 4.69) is 27.0 Å². The number of aromatic nitrogens is 1. The van der Waals surface area contributed by atoms with Gasteiger partial charge in [-0.05, 0) is 46.7 Å². The summed E-state index contributed by atoms with van der Waals surface area (Å²) in [7, 11) is 0. The maximum Gasteiger partial charge on any atom is 0.345 e. The average Bonchev–Trinajstić information content (AvgIpc) is 3.28. The molecule has 0 amide bonds. The third-order valence-corrected chi connectivity index (χ3v) is 6.36. The smallest absolute Gasteiger partial charge is 0.345 e. The van der Waals surface area contributed by atoms with Gasteiger partial charge in [-0.3, -0.25) is 0 Å². The number of thiazole rings is 1. The Kier molecular flexibility index (Phi) is 4.99. The van der Waals surface area contributed by atoms with Crippen molar-refractivity contribution in [3.8, 4) is 17.3 Å². The number of rotatable bonds is 3. The minimum Gasteiger partial charge on any atom is -0.422 e. The lowest BCUT2D eigenvalue weighted by Crippen LogP contribution is -2.03. The molecule has 4 nitrogen and oxygen atoms in total. The van der Waals surface area contributed by atoms with Gasteiger partial charge in [-0.1, -0.05) is 58.4 Å². The molecule has 148 valence electrons. The van der Waals surface area contributed by atoms with Gasteiger partial charge in [0.15, 0.2) is 0 Å². The normalized spacial score (nSPS) is 11.7. The van der Waals surface area contributed by atoms with Crippen molar-refractivity contribution in [2.75, 3.05) is 0 Å². The fourth-order valence-electron chi connectivity index (χ4n) is 3.44. The van der Waals surface area contributed by atoms with E-state index in [-0.39, 0.29) is 0 Å². The fraction of sp³-hybridized carbons (Fsp3) is 0. The van der Waals surface area contributed by atoms with Crippen LogP contribution in [0.25, 0.3) is 44.6 Å². The van der Waals surface area contributed by atoms with Crippen LogP contribution in [0, 0.1) is 11.3 Å². The van der Waals surface area contributed by atoms with Crippen LogP contribution in [0.4, 0.5) is 0 Å². The molecule has 0 aliphatic carbocycles. The molecule has 0 fully saturated rings. The molecule has 0 aliphatic heterocycles. The second-order valence-electron chi connectivity index (χ2n) is 6.91. The van der Waals surface area contributed by atoms with E-state index in [4.69, 9.17) is 4.42 Å². The Morgan fingerprint density at radius 1 is 1.06 bits per heavy atom. The molecule has 31 heavy (non-hydrogen) atoms. The number of halogens is 1. The van der Waals surface area contributed by atoms with E-state index in [1.165, 1.54) is 11.3 Å². The summed E-state index contributed by atoms with van der Waals surface area (Å²) in [5, 5.41) is 14.9. The summed E-state index contributed by atoms with van der Waals surface area (Å²) in [5.74, 6) is 0. The summed E-state index contributed by atoms with van der Waals surface area (Å²) in [6.07, 6.45) is 1.78. The summed E-state index contributed by atoms with van der Waals surface area (Å²) >= 11 is 4.73. The van der Waals surface area contributed by atoms with E-state index in [1.807, 2.05) is 66.7 Å². The van der Waals surface area contributed by atoms with Gasteiger partial charge in [0.2, 0.25) is 0 Å². The second-order valence-corrected chi connectivity index (χ2v) is 8.68. The van der Waals surface area contributed by atoms with Gasteiger partial charge >= 0.3 is 5.63 Å². The summed E-state index contributed by atoms with van der Waals surface area (Å²) in [4.78, 5) is 17.2. The number of benzene rings is 3. The van der Waals surface area contributed by atoms with E-state index in [9.17, 15) is 10.1 Å². The molecule has 0 bridgehead atoms. The first kappa shape index (κ1) is 19.4. The maximum atomic E-state index is 12.7. The van der Waals surface area contributed by atoms with Crippen molar-refractivity contribution in [1.82, 2.24) is 4.98 Å². The van der Waals surface area contributed by atoms with Gasteiger partial charge in [0.1, 0.15) is 16.7 Å². The Balaban J connectivity index is 1.61. The highest BCUT2D eigenvalue weighted by atomic mass is 79.9. The lowest BCUT2D eigenvalue weighted by molar-refractivity contribution is 0.563. The zero-order chi connectivity index (χ0) is 21.4. The predicted octanol–water partition coefficient (Wildman–Crippen LogP) is 6.90. The van der Waals surface area contributed by atoms with E-state index >= 15 is 0 Å². The van der Waals surface area contributed by atoms with Crippen LogP contribution in [-0.4, -0.2) is 4.98 Å². The minimum atomic E-state index is -0.449. The van der Waals surface area contributed by atoms with Crippen molar-refractivity contribution in [1.29, 1.82) is 5.26 Å². The Hall–Kier alpha value is -3.53. The van der Waals surface area contributed by atoms with Crippen LogP contribution in [0.2, 0.25) is 0 Å². The first-order valence-electron chi connectivity index (χ1n) is 9.41. The van der Waals surface area contributed by atoms with Gasteiger partial charge in [-0.15, -0.1) is 11.3 Å². The molecular weight excluding hydrogens is 472 g/mol. The highest BCUT2D eigenvalue weighted by molar-refractivity contribution is 9.10. The first-order chi connectivity index (χ1) is 15.1. The van der Waals surface area contributed by atoms with Crippen LogP contribution < -0.4 is 5.63 Å². The van der Waals surface area contributed by atoms with Gasteiger partial charge in [0, 0.05) is 15.2 Å². The lowest BCUT2D eigenvalue weighted by Gasteiger charge is -2.04. The molecule has 0 spiro atoms. The summed E-state index contributed by atoms with van der Waals surface area (Å²) in [5.41, 5.74) is 2.31. The van der Waals surface area contributed by atoms with Crippen LogP contribution in [0.15, 0.2) is 85.8 Å². The molecule has 3 aromatic carbocycles. The predicted molar refractivity (Wildman–Crippen MR) is 129 cm³/mol. The van der Waals surface area contributed by atoms with Crippen molar-refractivity contribution in [3.05, 3.63) is 97.6 Å². The van der Waals surface area contributed by atoms with Crippen molar-refractivity contribution >= 4 is 60.7 Å². The van der Waals surface area contributed by atoms with Gasteiger partial charge < -0.3 is 4.42 Å². The summed E-state index contributed by atoms with van der Waals surface area (Å²) in [6, 6.07) is 23.4. The molecule has 0 N–H and O–H groups in total. The molecule has 2 heterocycles. The number of nitrogens with zero attached hydrogens (tertiary/aromatic N) is 2. The molecule has 2 aromatic heterocycles. The molecule has 0 aliphatic rings. The highest BCUT2D eigenvalue weighted by Crippen LogP contribution is 2.30. The third-order valence-electron chi connectivity index (χ3n) is 4.95. The van der Waals surface area contributed by atoms with E-state index < -0.39 is 5.63 Å². The van der Waals surface area contributed by atoms with Crippen molar-refractivity contribution in [2.45, 2.75) is 0 Å². The Bertz CT molecular complexity index is 1570. The quantitative estimate of drug-likeness (QED) is 0.158. The van der Waals surface area contributed by atoms with Crippen LogP contribution >= 0.6 is 27.3 Å². The van der Waals surface area contributed by atoms with Gasteiger partial charge in [-0.25, -0.2) is 9.78 Å². The Labute approximate surface area is 189 Å². The number of hydrogen-bond donors (Lipinski definition) is 0. The topological polar surface area (TPSA) is 66.9 Å². The Morgan fingerprint density at radius 2 is 1.87 bits per heavy atom. The van der Waals surface area contributed by atoms with E-state index in [1.54, 1.807) is 11.5 Å². The minimum absolute atomic E-state index is 0.382. The van der Waals surface area contributed by atoms with E-state index in [0.717, 1.165) is 26.2 Å². The van der Waals surface area contributed by atoms with Crippen molar-refractivity contribution < 1.29 is 4.42 Å². The average molecular weight is 485 g/mol. The molecule has 0 radical (unpaired) electrons. The molecule has 6 heteroatoms. The Morgan fingerprint density at radius 3 is 2.68 bits per heavy atom. The molecule has 5 rings (SSSR count). The molecule has 0 saturated carbocycles. The first-order valence-corrected chi connectivity index (χ1v) is 11.1. The zero-order valence-electron chi connectivity index (χ0n) is 16.0. The number of fused-ring (bicyclic) bond motifs is 3. The standard InChI is InChI=1S/C25H13BrN2O2S/c26-18-8-5-15(6-9-18)11-17(13-27)24-28-22(14-31-24)21-12-20-19-4-2-1-3-16(19)7-10-23(20)30-25(21)29/h1-12,14H/b17-11+. The van der Waals surface area contributed by atoms with E-state index in [0.29, 0.717) is 27.4 Å². The van der Waals surface area contributed by atoms with Crippen LogP contribution in [0.1, 0.15) is 10.6 Å². The monoisotopic (exact) mass is 484 g/mol. The highest BCUT2D eigenvalue weighted by Gasteiger charge is 2.15. The summed E-state index contributed by atoms with van der Waals surface area (Å²) in [6.45, 7) is 0. The maximum absolute atomic E-state index is 12.7. The number of hydrogen-bond acceptors (Lipinski definition) is 5. The third kappa shape index (κ3) is 3.70. The fourth-order valence-corrected chi connectivity index (χ4v) is 4.49. The summed E-state index contributed by atoms with van der Waals surface area (Å²) < 4.78 is 6.55. The number of nitriles is 1. The van der Waals surface area contributed by atoms with Crippen molar-refractivity contribution in [2.24, 2.45) is 0 Å². The molecular formula is C25H13BrN2O2S. The van der Waals surface area contributed by atoms with Crippen LogP contribution in [0.3, 0.4) is 0 Å². The number of allylic oxidation sites excluding steroid dienone is 1. The molecule has 0 unspecified atom stereocenters. The van der Waals surface area contributed by atoms with Gasteiger partial charge in [0.25, 0.3) is 0 Å². The molecule has 0 saturated heterocycles. The van der Waals surface area contributed by atoms with Crippen LogP contribution in [-0.2, 0) is 0 Å². The second kappa shape index (κ2) is 7.95. The van der Waals surface area contributed by atoms with Gasteiger partial charge in [0.05, 0.1) is 16.8 Å². The lowest BCUT2D eigenvalue weighted by atomic mass is 10.0. The largest absolute Gasteiger partial charge is 0.422 e. The SMILES string of the molecule is N#C/C(=C\c1ccc(Br)cc1)c1nc(-c2cc3c(ccc4ccccc43)oc2=O)cs1. The molecule has 5 aromatic rings. The van der Waals surface area contributed by atoms with Crippen LogP contribution in [0.5, 0.6) is 0 Å². The van der Waals surface area contributed by atoms with Crippen molar-refractivity contribution in [3.63, 3.8) is 0 Å². The molecule has 0 atom stereocenters.